The Morgan fingerprint density at radius 1 is 1.19 bits per heavy atom. The maximum absolute atomic E-state index is 12.3. The molecule has 6 nitrogen and oxygen atoms in total. The number of hydrogen-bond acceptors (Lipinski definition) is 4. The SMILES string of the molecule is C[C@H](/C=C/C(=O)O)[C@H](OC(=O)Nc1ccccc1)c1cc(Br)cc(Br)c1O. The van der Waals surface area contributed by atoms with Crippen molar-refractivity contribution in [2.75, 3.05) is 5.32 Å². The number of phenolic OH excluding ortho intramolecular Hbond substituents is 1. The van der Waals surface area contributed by atoms with Crippen molar-refractivity contribution in [3.63, 3.8) is 0 Å². The largest absolute Gasteiger partial charge is 0.506 e. The van der Waals surface area contributed by atoms with Crippen molar-refractivity contribution in [2.45, 2.75) is 13.0 Å². The minimum absolute atomic E-state index is 0.0914. The minimum atomic E-state index is -1.12. The van der Waals surface area contributed by atoms with Gasteiger partial charge in [-0.15, -0.1) is 0 Å². The normalized spacial score (nSPS) is 13.1. The number of amides is 1. The molecular weight excluding hydrogens is 482 g/mol. The summed E-state index contributed by atoms with van der Waals surface area (Å²) in [5.41, 5.74) is 0.886. The zero-order valence-electron chi connectivity index (χ0n) is 14.2. The minimum Gasteiger partial charge on any atom is -0.506 e. The smallest absolute Gasteiger partial charge is 0.412 e. The lowest BCUT2D eigenvalue weighted by atomic mass is 9.96. The van der Waals surface area contributed by atoms with Crippen molar-refractivity contribution < 1.29 is 24.5 Å². The summed E-state index contributed by atoms with van der Waals surface area (Å²) >= 11 is 6.59. The molecule has 0 aliphatic carbocycles. The highest BCUT2D eigenvalue weighted by Crippen LogP contribution is 2.40. The molecule has 0 unspecified atom stereocenters. The van der Waals surface area contributed by atoms with E-state index in [-0.39, 0.29) is 5.75 Å². The fourth-order valence-electron chi connectivity index (χ4n) is 2.38. The van der Waals surface area contributed by atoms with Crippen molar-refractivity contribution >= 4 is 49.6 Å². The molecule has 0 aromatic heterocycles. The molecular formula is C19H17Br2NO5. The molecule has 0 spiro atoms. The first-order valence-electron chi connectivity index (χ1n) is 7.89. The van der Waals surface area contributed by atoms with Crippen molar-refractivity contribution in [3.05, 3.63) is 69.1 Å². The van der Waals surface area contributed by atoms with E-state index in [9.17, 15) is 14.7 Å². The van der Waals surface area contributed by atoms with Gasteiger partial charge in [0.15, 0.2) is 0 Å². The predicted octanol–water partition coefficient (Wildman–Crippen LogP) is 5.48. The van der Waals surface area contributed by atoms with Crippen LogP contribution in [0.5, 0.6) is 5.75 Å². The molecule has 0 bridgehead atoms. The van der Waals surface area contributed by atoms with Crippen LogP contribution in [0.4, 0.5) is 10.5 Å². The van der Waals surface area contributed by atoms with Crippen LogP contribution in [0.1, 0.15) is 18.6 Å². The summed E-state index contributed by atoms with van der Waals surface area (Å²) in [5.74, 6) is -1.73. The number of para-hydroxylation sites is 1. The average molecular weight is 499 g/mol. The molecule has 0 heterocycles. The number of rotatable bonds is 6. The molecule has 2 rings (SSSR count). The lowest BCUT2D eigenvalue weighted by Gasteiger charge is -2.24. The third-order valence-electron chi connectivity index (χ3n) is 3.64. The molecule has 2 aromatic rings. The third-order valence-corrected chi connectivity index (χ3v) is 4.70. The number of carboxylic acid groups (broad SMARTS) is 1. The Bertz CT molecular complexity index is 855. The standard InChI is InChI=1S/C19H17Br2NO5/c1-11(7-8-16(23)24)18(14-9-12(20)10-15(21)17(14)25)27-19(26)22-13-5-3-2-4-6-13/h2-11,18,25H,1H3,(H,22,26)(H,23,24)/b8-7+/t11-,18+/m1/s1. The van der Waals surface area contributed by atoms with E-state index in [0.717, 1.165) is 6.08 Å². The Morgan fingerprint density at radius 3 is 2.48 bits per heavy atom. The average Bonchev–Trinajstić information content (AvgIpc) is 2.61. The molecule has 0 saturated carbocycles. The van der Waals surface area contributed by atoms with Crippen LogP contribution in [0.2, 0.25) is 0 Å². The number of hydrogen-bond donors (Lipinski definition) is 3. The molecule has 2 atom stereocenters. The zero-order chi connectivity index (χ0) is 20.0. The Kier molecular flexibility index (Phi) is 7.44. The monoisotopic (exact) mass is 497 g/mol. The van der Waals surface area contributed by atoms with Crippen LogP contribution in [-0.4, -0.2) is 22.3 Å². The van der Waals surface area contributed by atoms with Gasteiger partial charge in [0.05, 0.1) is 4.47 Å². The predicted molar refractivity (Wildman–Crippen MR) is 109 cm³/mol. The first kappa shape index (κ1) is 21.0. The highest BCUT2D eigenvalue weighted by atomic mass is 79.9. The number of nitrogens with one attached hydrogen (secondary N) is 1. The van der Waals surface area contributed by atoms with Crippen LogP contribution in [-0.2, 0) is 9.53 Å². The van der Waals surface area contributed by atoms with Crippen molar-refractivity contribution in [1.82, 2.24) is 0 Å². The van der Waals surface area contributed by atoms with Gasteiger partial charge >= 0.3 is 12.1 Å². The number of halogens is 2. The van der Waals surface area contributed by atoms with Crippen LogP contribution < -0.4 is 5.32 Å². The molecule has 0 fully saturated rings. The maximum Gasteiger partial charge on any atom is 0.412 e. The van der Waals surface area contributed by atoms with Gasteiger partial charge in [-0.2, -0.15) is 0 Å². The highest BCUT2D eigenvalue weighted by Gasteiger charge is 2.26. The summed E-state index contributed by atoms with van der Waals surface area (Å²) in [7, 11) is 0. The summed E-state index contributed by atoms with van der Waals surface area (Å²) in [4.78, 5) is 23.2. The topological polar surface area (TPSA) is 95.9 Å². The van der Waals surface area contributed by atoms with E-state index in [1.54, 1.807) is 43.3 Å². The molecule has 0 saturated heterocycles. The fourth-order valence-corrected chi connectivity index (χ4v) is 3.63. The van der Waals surface area contributed by atoms with Gasteiger partial charge in [0.1, 0.15) is 11.9 Å². The van der Waals surface area contributed by atoms with Crippen LogP contribution in [0, 0.1) is 5.92 Å². The molecule has 1 amide bonds. The fraction of sp³-hybridized carbons (Fsp3) is 0.158. The summed E-state index contributed by atoms with van der Waals surface area (Å²) < 4.78 is 6.61. The van der Waals surface area contributed by atoms with Crippen LogP contribution in [0.25, 0.3) is 0 Å². The summed E-state index contributed by atoms with van der Waals surface area (Å²) in [6, 6.07) is 12.0. The van der Waals surface area contributed by atoms with Gasteiger partial charge in [-0.1, -0.05) is 47.1 Å². The molecule has 27 heavy (non-hydrogen) atoms. The number of aliphatic carboxylic acids is 1. The Morgan fingerprint density at radius 2 is 1.85 bits per heavy atom. The van der Waals surface area contributed by atoms with E-state index in [1.165, 1.54) is 6.08 Å². The number of anilines is 1. The first-order chi connectivity index (χ1) is 12.8. The van der Waals surface area contributed by atoms with Crippen molar-refractivity contribution in [3.8, 4) is 5.75 Å². The summed E-state index contributed by atoms with van der Waals surface area (Å²) in [6.45, 7) is 1.69. The summed E-state index contributed by atoms with van der Waals surface area (Å²) in [6.07, 6.45) is 0.729. The van der Waals surface area contributed by atoms with Crippen LogP contribution >= 0.6 is 31.9 Å². The zero-order valence-corrected chi connectivity index (χ0v) is 17.4. The molecule has 142 valence electrons. The highest BCUT2D eigenvalue weighted by molar-refractivity contribution is 9.11. The van der Waals surface area contributed by atoms with Gasteiger partial charge in [0.25, 0.3) is 0 Å². The second-order valence-electron chi connectivity index (χ2n) is 5.70. The number of benzene rings is 2. The van der Waals surface area contributed by atoms with Gasteiger partial charge in [-0.3, -0.25) is 5.32 Å². The third kappa shape index (κ3) is 6.11. The Hall–Kier alpha value is -2.32. The van der Waals surface area contributed by atoms with E-state index < -0.39 is 24.1 Å². The molecule has 8 heteroatoms. The molecule has 3 N–H and O–H groups in total. The van der Waals surface area contributed by atoms with Gasteiger partial charge in [-0.05, 0) is 40.2 Å². The first-order valence-corrected chi connectivity index (χ1v) is 9.48. The number of carbonyl (C=O) groups is 2. The van der Waals surface area contributed by atoms with Crippen LogP contribution in [0.15, 0.2) is 63.6 Å². The van der Waals surface area contributed by atoms with E-state index in [1.807, 2.05) is 6.07 Å². The molecule has 2 aromatic carbocycles. The number of ether oxygens (including phenoxy) is 1. The lowest BCUT2D eigenvalue weighted by Crippen LogP contribution is -2.21. The van der Waals surface area contributed by atoms with E-state index >= 15 is 0 Å². The summed E-state index contributed by atoms with van der Waals surface area (Å²) in [5, 5.41) is 21.9. The Balaban J connectivity index is 2.32. The van der Waals surface area contributed by atoms with Gasteiger partial charge in [0.2, 0.25) is 0 Å². The number of phenols is 1. The van der Waals surface area contributed by atoms with E-state index in [2.05, 4.69) is 37.2 Å². The number of aromatic hydroxyl groups is 1. The Labute approximate surface area is 173 Å². The number of carboxylic acids is 1. The second-order valence-corrected chi connectivity index (χ2v) is 7.47. The van der Waals surface area contributed by atoms with E-state index in [0.29, 0.717) is 20.2 Å². The molecule has 0 aliphatic heterocycles. The lowest BCUT2D eigenvalue weighted by molar-refractivity contribution is -0.131. The van der Waals surface area contributed by atoms with Gasteiger partial charge < -0.3 is 14.9 Å². The number of carbonyl (C=O) groups excluding carboxylic acids is 1. The van der Waals surface area contributed by atoms with Gasteiger partial charge in [0, 0.05) is 27.7 Å². The van der Waals surface area contributed by atoms with Crippen molar-refractivity contribution in [1.29, 1.82) is 0 Å². The molecule has 0 radical (unpaired) electrons. The second kappa shape index (κ2) is 9.57. The van der Waals surface area contributed by atoms with Gasteiger partial charge in [-0.25, -0.2) is 9.59 Å². The van der Waals surface area contributed by atoms with E-state index in [4.69, 9.17) is 9.84 Å². The quantitative estimate of drug-likeness (QED) is 0.458. The van der Waals surface area contributed by atoms with Crippen LogP contribution in [0.3, 0.4) is 0 Å². The maximum atomic E-state index is 12.3. The molecule has 0 aliphatic rings. The van der Waals surface area contributed by atoms with Crippen molar-refractivity contribution in [2.24, 2.45) is 5.92 Å².